The van der Waals surface area contributed by atoms with Crippen molar-refractivity contribution in [3.8, 4) is 5.69 Å². The Morgan fingerprint density at radius 1 is 1.10 bits per heavy atom. The molecular weight excluding hydrogens is 533 g/mol. The predicted molar refractivity (Wildman–Crippen MR) is 145 cm³/mol. The summed E-state index contributed by atoms with van der Waals surface area (Å²) in [6.07, 6.45) is 7.67. The van der Waals surface area contributed by atoms with Crippen molar-refractivity contribution in [2.75, 3.05) is 13.1 Å². The number of halogens is 1. The van der Waals surface area contributed by atoms with Crippen LogP contribution < -0.4 is 5.73 Å². The minimum absolute atomic E-state index is 0.0894. The molecule has 1 aliphatic carbocycles. The molecule has 0 unspecified atom stereocenters. The normalized spacial score (nSPS) is 23.0. The van der Waals surface area contributed by atoms with E-state index < -0.39 is 21.0 Å². The molecule has 4 aromatic rings. The first-order chi connectivity index (χ1) is 19.2. The summed E-state index contributed by atoms with van der Waals surface area (Å²) >= 11 is 0. The summed E-state index contributed by atoms with van der Waals surface area (Å²) in [6.45, 7) is 2.64. The summed E-state index contributed by atoms with van der Waals surface area (Å²) in [7, 11) is -3.94. The highest BCUT2D eigenvalue weighted by molar-refractivity contribution is 7.89. The summed E-state index contributed by atoms with van der Waals surface area (Å²) in [5, 5.41) is 8.76. The van der Waals surface area contributed by atoms with E-state index in [-0.39, 0.29) is 48.1 Å². The molecule has 0 saturated carbocycles. The number of aromatic nitrogens is 5. The first-order valence-electron chi connectivity index (χ1n) is 13.3. The Morgan fingerprint density at radius 3 is 2.62 bits per heavy atom. The SMILES string of the molecule is CCCn1cc(S(=O)(=O)N2CC[C@@]3(N)Cc4c(cnn4-c4ccc(F)cc4)C[C@]3(C(=O)c3ccccn3)C2)cn1. The van der Waals surface area contributed by atoms with Crippen LogP contribution in [0.5, 0.6) is 0 Å². The Hall–Kier alpha value is -3.74. The number of fused-ring (bicyclic) bond motifs is 2. The summed E-state index contributed by atoms with van der Waals surface area (Å²) < 4.78 is 45.9. The fourth-order valence-electron chi connectivity index (χ4n) is 6.07. The van der Waals surface area contributed by atoms with Gasteiger partial charge in [-0.2, -0.15) is 14.5 Å². The van der Waals surface area contributed by atoms with Crippen molar-refractivity contribution in [1.29, 1.82) is 0 Å². The van der Waals surface area contributed by atoms with E-state index in [0.29, 0.717) is 18.7 Å². The molecule has 0 bridgehead atoms. The highest BCUT2D eigenvalue weighted by atomic mass is 32.2. The lowest BCUT2D eigenvalue weighted by molar-refractivity contribution is 0.0257. The van der Waals surface area contributed by atoms with Crippen molar-refractivity contribution >= 4 is 15.8 Å². The number of Topliss-reactive ketones (excluding diaryl/α,β-unsaturated/α-hetero) is 1. The molecule has 2 atom stereocenters. The van der Waals surface area contributed by atoms with Crippen molar-refractivity contribution in [2.24, 2.45) is 11.1 Å². The van der Waals surface area contributed by atoms with Gasteiger partial charge in [-0.15, -0.1) is 0 Å². The zero-order chi connectivity index (χ0) is 28.1. The van der Waals surface area contributed by atoms with E-state index in [9.17, 15) is 17.6 Å². The number of sulfonamides is 1. The van der Waals surface area contributed by atoms with Crippen LogP contribution in [0.2, 0.25) is 0 Å². The minimum atomic E-state index is -3.94. The zero-order valence-electron chi connectivity index (χ0n) is 22.1. The number of aryl methyl sites for hydroxylation is 1. The second kappa shape index (κ2) is 9.72. The van der Waals surface area contributed by atoms with Gasteiger partial charge in [0.05, 0.1) is 23.5 Å². The molecule has 1 saturated heterocycles. The molecule has 10 nitrogen and oxygen atoms in total. The summed E-state index contributed by atoms with van der Waals surface area (Å²) in [4.78, 5) is 18.7. The number of hydrogen-bond acceptors (Lipinski definition) is 7. The van der Waals surface area contributed by atoms with E-state index in [2.05, 4.69) is 15.2 Å². The van der Waals surface area contributed by atoms with E-state index in [1.807, 2.05) is 6.92 Å². The van der Waals surface area contributed by atoms with Crippen LogP contribution in [0.1, 0.15) is 41.5 Å². The standard InChI is InChI=1S/C28H30FN7O3S/c1-2-12-34-18-23(17-32-34)40(38,39)35-13-10-28(30)15-25-20(16-33-36(25)22-8-6-21(29)7-9-22)14-27(28,19-35)26(37)24-5-3-4-11-31-24/h3-9,11,16-18H,2,10,12-15,19,30H2,1H3/t27-,28-/m1/s1. The van der Waals surface area contributed by atoms with E-state index >= 15 is 0 Å². The number of hydrogen-bond donors (Lipinski definition) is 1. The lowest BCUT2D eigenvalue weighted by atomic mass is 9.55. The fraction of sp³-hybridized carbons (Fsp3) is 0.357. The number of pyridine rings is 1. The Kier molecular flexibility index (Phi) is 6.43. The van der Waals surface area contributed by atoms with Gasteiger partial charge in [0.15, 0.2) is 5.78 Å². The number of piperidine rings is 1. The molecule has 1 fully saturated rings. The molecule has 2 N–H and O–H groups in total. The van der Waals surface area contributed by atoms with E-state index in [1.165, 1.54) is 28.8 Å². The fourth-order valence-corrected chi connectivity index (χ4v) is 7.52. The lowest BCUT2D eigenvalue weighted by Crippen LogP contribution is -2.71. The average Bonchev–Trinajstić information content (AvgIpc) is 3.59. The van der Waals surface area contributed by atoms with Gasteiger partial charge in [-0.25, -0.2) is 17.5 Å². The largest absolute Gasteiger partial charge is 0.324 e. The molecule has 0 radical (unpaired) electrons. The molecule has 0 spiro atoms. The summed E-state index contributed by atoms with van der Waals surface area (Å²) in [5.41, 5.74) is 7.36. The minimum Gasteiger partial charge on any atom is -0.324 e. The molecule has 3 aromatic heterocycles. The molecule has 40 heavy (non-hydrogen) atoms. The van der Waals surface area contributed by atoms with Crippen LogP contribution in [0.3, 0.4) is 0 Å². The smallest absolute Gasteiger partial charge is 0.246 e. The number of carbonyl (C=O) groups is 1. The van der Waals surface area contributed by atoms with Gasteiger partial charge in [0.25, 0.3) is 0 Å². The zero-order valence-corrected chi connectivity index (χ0v) is 22.9. The molecule has 6 rings (SSSR count). The van der Waals surface area contributed by atoms with Gasteiger partial charge in [-0.1, -0.05) is 13.0 Å². The van der Waals surface area contributed by atoms with Crippen LogP contribution in [0, 0.1) is 11.2 Å². The molecule has 1 aliphatic heterocycles. The van der Waals surface area contributed by atoms with Crippen LogP contribution in [0.4, 0.5) is 4.39 Å². The first kappa shape index (κ1) is 26.5. The Labute approximate surface area is 231 Å². The van der Waals surface area contributed by atoms with Gasteiger partial charge in [-0.3, -0.25) is 14.5 Å². The van der Waals surface area contributed by atoms with Crippen LogP contribution in [0.25, 0.3) is 5.69 Å². The number of rotatable bonds is 7. The van der Waals surface area contributed by atoms with Crippen LogP contribution >= 0.6 is 0 Å². The van der Waals surface area contributed by atoms with Gasteiger partial charge in [0, 0.05) is 49.7 Å². The molecule has 12 heteroatoms. The van der Waals surface area contributed by atoms with Gasteiger partial charge in [0.1, 0.15) is 16.4 Å². The van der Waals surface area contributed by atoms with Crippen LogP contribution in [0.15, 0.2) is 72.1 Å². The summed E-state index contributed by atoms with van der Waals surface area (Å²) in [6, 6.07) is 11.1. The number of nitrogens with two attached hydrogens (primary N) is 1. The lowest BCUT2D eigenvalue weighted by Gasteiger charge is -2.55. The number of nitrogens with zero attached hydrogens (tertiary/aromatic N) is 6. The maximum atomic E-state index is 14.3. The highest BCUT2D eigenvalue weighted by Gasteiger charge is 2.61. The molecule has 4 heterocycles. The van der Waals surface area contributed by atoms with Gasteiger partial charge < -0.3 is 5.73 Å². The van der Waals surface area contributed by atoms with Gasteiger partial charge in [0.2, 0.25) is 10.0 Å². The monoisotopic (exact) mass is 563 g/mol. The van der Waals surface area contributed by atoms with Crippen molar-refractivity contribution in [1.82, 2.24) is 28.9 Å². The third kappa shape index (κ3) is 4.18. The van der Waals surface area contributed by atoms with Crippen molar-refractivity contribution in [3.63, 3.8) is 0 Å². The van der Waals surface area contributed by atoms with Crippen LogP contribution in [-0.4, -0.2) is 61.7 Å². The number of benzene rings is 1. The second-order valence-corrected chi connectivity index (χ2v) is 12.6. The first-order valence-corrected chi connectivity index (χ1v) is 14.7. The average molecular weight is 564 g/mol. The summed E-state index contributed by atoms with van der Waals surface area (Å²) in [5.74, 6) is -0.647. The Balaban J connectivity index is 1.44. The predicted octanol–water partition coefficient (Wildman–Crippen LogP) is 2.77. The van der Waals surface area contributed by atoms with Crippen molar-refractivity contribution < 1.29 is 17.6 Å². The molecule has 2 aliphatic rings. The van der Waals surface area contributed by atoms with Gasteiger partial charge in [-0.05, 0) is 61.2 Å². The third-order valence-corrected chi connectivity index (χ3v) is 10.0. The van der Waals surface area contributed by atoms with Crippen molar-refractivity contribution in [2.45, 2.75) is 49.6 Å². The second-order valence-electron chi connectivity index (χ2n) is 10.7. The highest BCUT2D eigenvalue weighted by Crippen LogP contribution is 2.49. The molecular formula is C28H30FN7O3S. The number of ketones is 1. The molecule has 0 amide bonds. The topological polar surface area (TPSA) is 129 Å². The quantitative estimate of drug-likeness (QED) is 0.342. The molecule has 1 aromatic carbocycles. The van der Waals surface area contributed by atoms with Crippen molar-refractivity contribution in [3.05, 3.63) is 90.0 Å². The maximum Gasteiger partial charge on any atom is 0.246 e. The number of carbonyl (C=O) groups excluding carboxylic acids is 1. The van der Waals surface area contributed by atoms with E-state index in [0.717, 1.165) is 17.7 Å². The van der Waals surface area contributed by atoms with E-state index in [1.54, 1.807) is 52.1 Å². The molecule has 208 valence electrons. The van der Waals surface area contributed by atoms with E-state index in [4.69, 9.17) is 5.73 Å². The third-order valence-electron chi connectivity index (χ3n) is 8.24. The Morgan fingerprint density at radius 2 is 1.90 bits per heavy atom. The maximum absolute atomic E-state index is 14.3. The Bertz CT molecular complexity index is 1670. The van der Waals surface area contributed by atoms with Crippen LogP contribution in [-0.2, 0) is 29.4 Å². The van der Waals surface area contributed by atoms with Gasteiger partial charge >= 0.3 is 0 Å².